The first-order chi connectivity index (χ1) is 15.5. The Balaban J connectivity index is 0.000000230. The third-order valence-corrected chi connectivity index (χ3v) is 5.75. The molecule has 0 aliphatic heterocycles. The molecule has 0 saturated heterocycles. The van der Waals surface area contributed by atoms with Crippen LogP contribution in [-0.4, -0.2) is 31.0 Å². The van der Waals surface area contributed by atoms with Crippen LogP contribution in [0.4, 0.5) is 0 Å². The minimum Gasteiger partial charge on any atom is -0.481 e. The van der Waals surface area contributed by atoms with Crippen LogP contribution in [0.25, 0.3) is 33.7 Å². The van der Waals surface area contributed by atoms with Crippen molar-refractivity contribution < 1.29 is 9.90 Å². The summed E-state index contributed by atoms with van der Waals surface area (Å²) >= 11 is 5.99. The quantitative estimate of drug-likeness (QED) is 0.393. The number of hydrogen-bond donors (Lipinski definition) is 3. The molecule has 0 bridgehead atoms. The second-order valence-corrected chi connectivity index (χ2v) is 8.23. The molecule has 0 spiro atoms. The van der Waals surface area contributed by atoms with Crippen molar-refractivity contribution in [2.45, 2.75) is 32.1 Å². The lowest BCUT2D eigenvalue weighted by molar-refractivity contribution is -0.142. The van der Waals surface area contributed by atoms with Crippen molar-refractivity contribution >= 4 is 28.6 Å². The average Bonchev–Trinajstić information content (AvgIpc) is 3.24. The molecule has 0 unspecified atom stereocenters. The van der Waals surface area contributed by atoms with E-state index in [1.165, 1.54) is 12.5 Å². The summed E-state index contributed by atoms with van der Waals surface area (Å²) in [6.45, 7) is 0. The lowest BCUT2D eigenvalue weighted by Crippen LogP contribution is -2.16. The molecule has 0 radical (unpaired) electrons. The second-order valence-electron chi connectivity index (χ2n) is 7.79. The zero-order valence-electron chi connectivity index (χ0n) is 17.3. The van der Waals surface area contributed by atoms with Gasteiger partial charge in [0.15, 0.2) is 0 Å². The van der Waals surface area contributed by atoms with Crippen molar-refractivity contribution in [3.63, 3.8) is 0 Å². The van der Waals surface area contributed by atoms with Gasteiger partial charge in [-0.05, 0) is 49.2 Å². The molecule has 1 aliphatic carbocycles. The maximum atomic E-state index is 11.1. The Morgan fingerprint density at radius 2 is 1.81 bits per heavy atom. The zero-order valence-corrected chi connectivity index (χ0v) is 18.1. The van der Waals surface area contributed by atoms with E-state index in [1.54, 1.807) is 18.5 Å². The van der Waals surface area contributed by atoms with Crippen molar-refractivity contribution in [1.29, 1.82) is 0 Å². The summed E-state index contributed by atoms with van der Waals surface area (Å²) < 4.78 is 0. The molecule has 8 heteroatoms. The first-order valence-corrected chi connectivity index (χ1v) is 10.9. The van der Waals surface area contributed by atoms with Crippen LogP contribution in [0.15, 0.2) is 59.7 Å². The van der Waals surface area contributed by atoms with Crippen LogP contribution in [0.1, 0.15) is 32.1 Å². The maximum absolute atomic E-state index is 11.1. The summed E-state index contributed by atoms with van der Waals surface area (Å²) in [5.74, 6) is 0.108. The smallest absolute Gasteiger partial charge is 0.306 e. The fourth-order valence-electron chi connectivity index (χ4n) is 3.74. The van der Waals surface area contributed by atoms with E-state index in [-0.39, 0.29) is 11.5 Å². The Morgan fingerprint density at radius 1 is 1.03 bits per heavy atom. The van der Waals surface area contributed by atoms with E-state index in [1.807, 2.05) is 30.3 Å². The second kappa shape index (κ2) is 9.78. The number of benzene rings is 1. The Kier molecular flexibility index (Phi) is 6.66. The van der Waals surface area contributed by atoms with E-state index in [9.17, 15) is 9.59 Å². The fourth-order valence-corrected chi connectivity index (χ4v) is 3.91. The molecule has 3 aromatic heterocycles. The summed E-state index contributed by atoms with van der Waals surface area (Å²) in [6.07, 6.45) is 8.63. The summed E-state index contributed by atoms with van der Waals surface area (Å²) in [5, 5.41) is 9.20. The molecule has 4 aromatic rings. The van der Waals surface area contributed by atoms with E-state index in [0.29, 0.717) is 5.02 Å². The van der Waals surface area contributed by atoms with Gasteiger partial charge in [0, 0.05) is 34.6 Å². The number of carboxylic acids is 1. The molecule has 7 nitrogen and oxygen atoms in total. The van der Waals surface area contributed by atoms with Crippen molar-refractivity contribution in [3.05, 3.63) is 70.2 Å². The fraction of sp³-hybridized carbons (Fsp3) is 0.250. The number of nitrogens with one attached hydrogen (secondary N) is 2. The molecule has 3 heterocycles. The molecule has 164 valence electrons. The lowest BCUT2D eigenvalue weighted by atomic mass is 9.90. The standard InChI is InChI=1S/C17H11ClN4O.C7H12O2/c18-12-3-5-14-15(7-12)22-17(21-14)11-1-4-13(19-9-11)10-2-6-16(23)20-8-10;8-7(9)6-4-2-1-3-5-6/h1-9H,(H,20,23)(H,21,22);6H,1-5H2,(H,8,9). The predicted molar refractivity (Wildman–Crippen MR) is 125 cm³/mol. The number of halogens is 1. The van der Waals surface area contributed by atoms with Gasteiger partial charge in [-0.1, -0.05) is 30.9 Å². The van der Waals surface area contributed by atoms with Gasteiger partial charge >= 0.3 is 5.97 Å². The van der Waals surface area contributed by atoms with Crippen LogP contribution in [0.3, 0.4) is 0 Å². The van der Waals surface area contributed by atoms with E-state index in [2.05, 4.69) is 19.9 Å². The molecule has 1 fully saturated rings. The SMILES string of the molecule is O=C(O)C1CCCCC1.O=c1ccc(-c2ccc(-c3nc4ccc(Cl)cc4[nH]3)cn2)c[nH]1. The number of imidazole rings is 1. The molecular weight excluding hydrogens is 428 g/mol. The maximum Gasteiger partial charge on any atom is 0.306 e. The average molecular weight is 451 g/mol. The Bertz CT molecular complexity index is 1250. The minimum absolute atomic E-state index is 0.0289. The van der Waals surface area contributed by atoms with E-state index < -0.39 is 5.97 Å². The number of pyridine rings is 2. The third-order valence-electron chi connectivity index (χ3n) is 5.52. The van der Waals surface area contributed by atoms with Gasteiger partial charge in [0.2, 0.25) is 5.56 Å². The molecule has 1 aromatic carbocycles. The Morgan fingerprint density at radius 3 is 2.44 bits per heavy atom. The summed E-state index contributed by atoms with van der Waals surface area (Å²) in [4.78, 5) is 36.3. The molecule has 1 aliphatic rings. The molecule has 32 heavy (non-hydrogen) atoms. The van der Waals surface area contributed by atoms with E-state index >= 15 is 0 Å². The van der Waals surface area contributed by atoms with Gasteiger partial charge in [-0.25, -0.2) is 4.98 Å². The number of aromatic nitrogens is 4. The van der Waals surface area contributed by atoms with Gasteiger partial charge in [-0.15, -0.1) is 0 Å². The van der Waals surface area contributed by atoms with E-state index in [0.717, 1.165) is 59.4 Å². The highest BCUT2D eigenvalue weighted by atomic mass is 35.5. The number of nitrogens with zero attached hydrogens (tertiary/aromatic N) is 2. The highest BCUT2D eigenvalue weighted by Crippen LogP contribution is 2.24. The van der Waals surface area contributed by atoms with Gasteiger partial charge in [0.25, 0.3) is 0 Å². The predicted octanol–water partition coefficient (Wildman–Crippen LogP) is 5.28. The Labute approximate surface area is 189 Å². The van der Waals surface area contributed by atoms with Crippen molar-refractivity contribution in [1.82, 2.24) is 19.9 Å². The molecule has 5 rings (SSSR count). The molecule has 1 saturated carbocycles. The largest absolute Gasteiger partial charge is 0.481 e. The molecule has 0 atom stereocenters. The highest BCUT2D eigenvalue weighted by molar-refractivity contribution is 6.31. The number of aromatic amines is 2. The highest BCUT2D eigenvalue weighted by Gasteiger charge is 2.19. The van der Waals surface area contributed by atoms with Crippen LogP contribution in [-0.2, 0) is 4.79 Å². The normalized spacial score (nSPS) is 14.0. The number of carbonyl (C=O) groups is 1. The zero-order chi connectivity index (χ0) is 22.5. The van der Waals surface area contributed by atoms with Crippen LogP contribution in [0.2, 0.25) is 5.02 Å². The number of hydrogen-bond acceptors (Lipinski definition) is 4. The number of aliphatic carboxylic acids is 1. The van der Waals surface area contributed by atoms with E-state index in [4.69, 9.17) is 16.7 Å². The summed E-state index contributed by atoms with van der Waals surface area (Å²) in [6, 6.07) is 12.6. The van der Waals surface area contributed by atoms with Crippen LogP contribution < -0.4 is 5.56 Å². The van der Waals surface area contributed by atoms with Crippen LogP contribution in [0.5, 0.6) is 0 Å². The first kappa shape index (κ1) is 21.8. The monoisotopic (exact) mass is 450 g/mol. The third kappa shape index (κ3) is 5.23. The summed E-state index contributed by atoms with van der Waals surface area (Å²) in [7, 11) is 0. The van der Waals surface area contributed by atoms with Gasteiger partial charge in [0.05, 0.1) is 22.6 Å². The number of rotatable bonds is 3. The van der Waals surface area contributed by atoms with Gasteiger partial charge in [0.1, 0.15) is 5.82 Å². The van der Waals surface area contributed by atoms with Gasteiger partial charge < -0.3 is 15.1 Å². The first-order valence-electron chi connectivity index (χ1n) is 10.5. The number of carboxylic acid groups (broad SMARTS) is 1. The molecule has 3 N–H and O–H groups in total. The van der Waals surface area contributed by atoms with Gasteiger partial charge in [-0.2, -0.15) is 0 Å². The van der Waals surface area contributed by atoms with Crippen molar-refractivity contribution in [3.8, 4) is 22.6 Å². The summed E-state index contributed by atoms with van der Waals surface area (Å²) in [5.41, 5.74) is 4.12. The molecule has 0 amide bonds. The Hall–Kier alpha value is -3.45. The van der Waals surface area contributed by atoms with Crippen molar-refractivity contribution in [2.24, 2.45) is 5.92 Å². The lowest BCUT2D eigenvalue weighted by Gasteiger charge is -2.16. The topological polar surface area (TPSA) is 112 Å². The number of fused-ring (bicyclic) bond motifs is 1. The van der Waals surface area contributed by atoms with Crippen LogP contribution in [0, 0.1) is 5.92 Å². The van der Waals surface area contributed by atoms with Gasteiger partial charge in [-0.3, -0.25) is 14.6 Å². The van der Waals surface area contributed by atoms with Crippen molar-refractivity contribution in [2.75, 3.05) is 0 Å². The minimum atomic E-state index is -0.602. The molecular formula is C24H23ClN4O3. The van der Waals surface area contributed by atoms with Crippen LogP contribution >= 0.6 is 11.6 Å². The number of H-pyrrole nitrogens is 2.